The maximum atomic E-state index is 9.82. The molecule has 1 atom stereocenters. The summed E-state index contributed by atoms with van der Waals surface area (Å²) in [7, 11) is 0. The molecule has 0 radical (unpaired) electrons. The minimum absolute atomic E-state index is 0.294. The highest BCUT2D eigenvalue weighted by atomic mass is 35.5. The smallest absolute Gasteiger partial charge is 0.0945 e. The molecule has 2 aromatic rings. The molecule has 2 N–H and O–H groups in total. The van der Waals surface area contributed by atoms with Crippen molar-refractivity contribution in [2.75, 3.05) is 18.5 Å². The lowest BCUT2D eigenvalue weighted by molar-refractivity contribution is 0.0348. The van der Waals surface area contributed by atoms with Gasteiger partial charge in [-0.25, -0.2) is 0 Å². The molecule has 4 heteroatoms. The molecule has 0 aliphatic carbocycles. The van der Waals surface area contributed by atoms with Crippen molar-refractivity contribution in [3.05, 3.63) is 65.2 Å². The Bertz CT molecular complexity index is 502. The number of anilines is 1. The number of aliphatic hydroxyl groups excluding tert-OH is 1. The van der Waals surface area contributed by atoms with Gasteiger partial charge in [-0.1, -0.05) is 41.9 Å². The molecule has 0 spiro atoms. The van der Waals surface area contributed by atoms with Crippen LogP contribution in [-0.4, -0.2) is 24.4 Å². The van der Waals surface area contributed by atoms with Crippen molar-refractivity contribution in [2.45, 2.75) is 12.7 Å². The Labute approximate surface area is 124 Å². The van der Waals surface area contributed by atoms with Crippen molar-refractivity contribution in [2.24, 2.45) is 0 Å². The summed E-state index contributed by atoms with van der Waals surface area (Å²) in [6.45, 7) is 1.23. The number of nitrogens with one attached hydrogen (secondary N) is 1. The average molecular weight is 292 g/mol. The molecule has 2 rings (SSSR count). The molecular formula is C16H18ClNO2. The fourth-order valence-electron chi connectivity index (χ4n) is 1.74. The van der Waals surface area contributed by atoms with E-state index in [2.05, 4.69) is 5.32 Å². The first-order chi connectivity index (χ1) is 9.74. The molecule has 0 aromatic heterocycles. The van der Waals surface area contributed by atoms with E-state index in [1.807, 2.05) is 54.6 Å². The van der Waals surface area contributed by atoms with E-state index in [0.717, 1.165) is 11.3 Å². The standard InChI is InChI=1S/C16H18ClNO2/c17-14-8-6-13(7-9-14)11-20-12-16(19)10-18-15-4-2-1-3-5-15/h1-9,16,18-19H,10-12H2. The number of rotatable bonds is 7. The van der Waals surface area contributed by atoms with Crippen LogP contribution in [0, 0.1) is 0 Å². The van der Waals surface area contributed by atoms with Gasteiger partial charge in [0, 0.05) is 17.3 Å². The van der Waals surface area contributed by atoms with Crippen LogP contribution in [0.5, 0.6) is 0 Å². The van der Waals surface area contributed by atoms with Gasteiger partial charge in [-0.05, 0) is 29.8 Å². The molecular weight excluding hydrogens is 274 g/mol. The van der Waals surface area contributed by atoms with Crippen LogP contribution in [-0.2, 0) is 11.3 Å². The molecule has 0 saturated carbocycles. The van der Waals surface area contributed by atoms with Crippen LogP contribution >= 0.6 is 11.6 Å². The van der Waals surface area contributed by atoms with Gasteiger partial charge < -0.3 is 15.2 Å². The molecule has 0 fully saturated rings. The fourth-order valence-corrected chi connectivity index (χ4v) is 1.87. The number of aliphatic hydroxyl groups is 1. The van der Waals surface area contributed by atoms with Crippen LogP contribution in [0.3, 0.4) is 0 Å². The molecule has 2 aromatic carbocycles. The van der Waals surface area contributed by atoms with E-state index >= 15 is 0 Å². The molecule has 0 bridgehead atoms. The second-order valence-corrected chi connectivity index (χ2v) is 4.98. The third-order valence-corrected chi connectivity index (χ3v) is 3.06. The van der Waals surface area contributed by atoms with Gasteiger partial charge >= 0.3 is 0 Å². The largest absolute Gasteiger partial charge is 0.389 e. The summed E-state index contributed by atoms with van der Waals surface area (Å²) < 4.78 is 5.48. The van der Waals surface area contributed by atoms with E-state index in [9.17, 15) is 5.11 Å². The molecule has 0 saturated heterocycles. The molecule has 106 valence electrons. The van der Waals surface area contributed by atoms with Crippen LogP contribution in [0.4, 0.5) is 5.69 Å². The first kappa shape index (κ1) is 14.9. The topological polar surface area (TPSA) is 41.5 Å². The number of halogens is 1. The molecule has 0 aliphatic rings. The summed E-state index contributed by atoms with van der Waals surface area (Å²) >= 11 is 5.81. The summed E-state index contributed by atoms with van der Waals surface area (Å²) in [5.41, 5.74) is 2.03. The molecule has 0 heterocycles. The number of ether oxygens (including phenoxy) is 1. The van der Waals surface area contributed by atoms with E-state index in [1.165, 1.54) is 0 Å². The van der Waals surface area contributed by atoms with E-state index < -0.39 is 6.10 Å². The minimum Gasteiger partial charge on any atom is -0.389 e. The van der Waals surface area contributed by atoms with Gasteiger partial charge in [0.05, 0.1) is 19.3 Å². The van der Waals surface area contributed by atoms with Gasteiger partial charge in [0.2, 0.25) is 0 Å². The van der Waals surface area contributed by atoms with Gasteiger partial charge in [0.25, 0.3) is 0 Å². The summed E-state index contributed by atoms with van der Waals surface area (Å²) in [4.78, 5) is 0. The quantitative estimate of drug-likeness (QED) is 0.822. The third kappa shape index (κ3) is 5.21. The van der Waals surface area contributed by atoms with Crippen LogP contribution in [0.25, 0.3) is 0 Å². The lowest BCUT2D eigenvalue weighted by Gasteiger charge is -2.13. The second-order valence-electron chi connectivity index (χ2n) is 4.54. The average Bonchev–Trinajstić information content (AvgIpc) is 2.48. The van der Waals surface area contributed by atoms with Gasteiger partial charge in [0.1, 0.15) is 0 Å². The minimum atomic E-state index is -0.539. The van der Waals surface area contributed by atoms with Gasteiger partial charge in [-0.15, -0.1) is 0 Å². The van der Waals surface area contributed by atoms with Crippen molar-refractivity contribution in [3.63, 3.8) is 0 Å². The van der Waals surface area contributed by atoms with E-state index in [-0.39, 0.29) is 0 Å². The van der Waals surface area contributed by atoms with E-state index in [1.54, 1.807) is 0 Å². The Kier molecular flexibility index (Phi) is 5.87. The molecule has 0 amide bonds. The number of hydrogen-bond donors (Lipinski definition) is 2. The van der Waals surface area contributed by atoms with E-state index in [4.69, 9.17) is 16.3 Å². The highest BCUT2D eigenvalue weighted by molar-refractivity contribution is 6.30. The van der Waals surface area contributed by atoms with Gasteiger partial charge in [-0.2, -0.15) is 0 Å². The zero-order chi connectivity index (χ0) is 14.2. The van der Waals surface area contributed by atoms with Crippen LogP contribution < -0.4 is 5.32 Å². The Morgan fingerprint density at radius 1 is 1.05 bits per heavy atom. The zero-order valence-corrected chi connectivity index (χ0v) is 11.9. The highest BCUT2D eigenvalue weighted by Crippen LogP contribution is 2.10. The van der Waals surface area contributed by atoms with Crippen molar-refractivity contribution < 1.29 is 9.84 Å². The summed E-state index contributed by atoms with van der Waals surface area (Å²) in [6, 6.07) is 17.3. The van der Waals surface area contributed by atoms with Crippen molar-refractivity contribution >= 4 is 17.3 Å². The molecule has 3 nitrogen and oxygen atoms in total. The Balaban J connectivity index is 1.65. The van der Waals surface area contributed by atoms with Crippen molar-refractivity contribution in [3.8, 4) is 0 Å². The summed E-state index contributed by atoms with van der Waals surface area (Å²) in [6.07, 6.45) is -0.539. The molecule has 20 heavy (non-hydrogen) atoms. The molecule has 0 aliphatic heterocycles. The number of hydrogen-bond acceptors (Lipinski definition) is 3. The Morgan fingerprint density at radius 3 is 2.45 bits per heavy atom. The fraction of sp³-hybridized carbons (Fsp3) is 0.250. The maximum absolute atomic E-state index is 9.82. The monoisotopic (exact) mass is 291 g/mol. The summed E-state index contributed by atoms with van der Waals surface area (Å²) in [5.74, 6) is 0. The lowest BCUT2D eigenvalue weighted by atomic mass is 10.2. The summed E-state index contributed by atoms with van der Waals surface area (Å²) in [5, 5.41) is 13.7. The van der Waals surface area contributed by atoms with Crippen LogP contribution in [0.15, 0.2) is 54.6 Å². The molecule has 1 unspecified atom stereocenters. The number of benzene rings is 2. The van der Waals surface area contributed by atoms with Crippen LogP contribution in [0.2, 0.25) is 5.02 Å². The maximum Gasteiger partial charge on any atom is 0.0945 e. The van der Waals surface area contributed by atoms with Crippen molar-refractivity contribution in [1.82, 2.24) is 0 Å². The van der Waals surface area contributed by atoms with Gasteiger partial charge in [0.15, 0.2) is 0 Å². The van der Waals surface area contributed by atoms with Crippen molar-refractivity contribution in [1.29, 1.82) is 0 Å². The lowest BCUT2D eigenvalue weighted by Crippen LogP contribution is -2.24. The highest BCUT2D eigenvalue weighted by Gasteiger charge is 2.04. The first-order valence-electron chi connectivity index (χ1n) is 6.53. The SMILES string of the molecule is OC(CNc1ccccc1)COCc1ccc(Cl)cc1. The predicted octanol–water partition coefficient (Wildman–Crippen LogP) is 3.33. The second kappa shape index (κ2) is 7.90. The predicted molar refractivity (Wildman–Crippen MR) is 82.0 cm³/mol. The Morgan fingerprint density at radius 2 is 1.75 bits per heavy atom. The first-order valence-corrected chi connectivity index (χ1v) is 6.91. The normalized spacial score (nSPS) is 12.1. The third-order valence-electron chi connectivity index (χ3n) is 2.81. The van der Waals surface area contributed by atoms with Crippen LogP contribution in [0.1, 0.15) is 5.56 Å². The van der Waals surface area contributed by atoms with Gasteiger partial charge in [-0.3, -0.25) is 0 Å². The van der Waals surface area contributed by atoms with E-state index in [0.29, 0.717) is 24.8 Å². The zero-order valence-electron chi connectivity index (χ0n) is 11.1. The Hall–Kier alpha value is -1.55. The number of para-hydroxylation sites is 1.